The van der Waals surface area contributed by atoms with Crippen LogP contribution in [0, 0.1) is 0 Å². The van der Waals surface area contributed by atoms with Crippen molar-refractivity contribution in [3.63, 3.8) is 0 Å². The topological polar surface area (TPSA) is 72.5 Å². The number of ether oxygens (including phenoxy) is 1. The molecule has 146 valence electrons. The van der Waals surface area contributed by atoms with Crippen molar-refractivity contribution in [2.24, 2.45) is 0 Å². The highest BCUT2D eigenvalue weighted by molar-refractivity contribution is 5.85. The second-order valence-corrected chi connectivity index (χ2v) is 6.24. The Labute approximate surface area is 162 Å². The summed E-state index contributed by atoms with van der Waals surface area (Å²) < 4.78 is 5.65. The van der Waals surface area contributed by atoms with Gasteiger partial charge in [-0.15, -0.1) is 0 Å². The third kappa shape index (κ3) is 10.8. The minimum atomic E-state index is -0.952. The average Bonchev–Trinajstić information content (AvgIpc) is 2.68. The minimum absolute atomic E-state index is 0.669. The van der Waals surface area contributed by atoms with Crippen molar-refractivity contribution in [1.29, 1.82) is 0 Å². The van der Waals surface area contributed by atoms with Gasteiger partial charge in [-0.1, -0.05) is 57.4 Å². The molecule has 0 amide bonds. The fourth-order valence-corrected chi connectivity index (χ4v) is 2.31. The fraction of sp³-hybridized carbons (Fsp3) is 0.348. The van der Waals surface area contributed by atoms with Crippen LogP contribution in [0.25, 0.3) is 6.08 Å². The van der Waals surface area contributed by atoms with E-state index in [9.17, 15) is 4.79 Å². The van der Waals surface area contributed by atoms with Crippen molar-refractivity contribution < 1.29 is 14.6 Å². The first kappa shape index (κ1) is 22.3. The van der Waals surface area contributed by atoms with Gasteiger partial charge in [-0.05, 0) is 54.3 Å². The number of unbranched alkanes of at least 4 members (excludes halogenated alkanes) is 3. The van der Waals surface area contributed by atoms with Crippen molar-refractivity contribution in [2.75, 3.05) is 12.3 Å². The van der Waals surface area contributed by atoms with Gasteiger partial charge in [0.05, 0.1) is 6.61 Å². The summed E-state index contributed by atoms with van der Waals surface area (Å²) >= 11 is 0. The lowest BCUT2D eigenvalue weighted by Crippen LogP contribution is -1.97. The maximum atomic E-state index is 10.1. The molecule has 0 saturated heterocycles. The zero-order valence-electron chi connectivity index (χ0n) is 16.4. The second-order valence-electron chi connectivity index (χ2n) is 6.24. The lowest BCUT2D eigenvalue weighted by atomic mass is 10.2. The van der Waals surface area contributed by atoms with Crippen LogP contribution in [0.2, 0.25) is 0 Å². The van der Waals surface area contributed by atoms with Gasteiger partial charge in [0, 0.05) is 11.8 Å². The first-order valence-electron chi connectivity index (χ1n) is 9.53. The number of aryl methyl sites for hydroxylation is 1. The van der Waals surface area contributed by atoms with E-state index in [0.29, 0.717) is 5.69 Å². The molecule has 0 spiro atoms. The molecule has 4 nitrogen and oxygen atoms in total. The summed E-state index contributed by atoms with van der Waals surface area (Å²) in [5, 5.41) is 8.32. The molecule has 0 bridgehead atoms. The molecule has 0 atom stereocenters. The van der Waals surface area contributed by atoms with Crippen molar-refractivity contribution in [1.82, 2.24) is 0 Å². The predicted molar refractivity (Wildman–Crippen MR) is 113 cm³/mol. The normalized spacial score (nSPS) is 10.3. The van der Waals surface area contributed by atoms with Gasteiger partial charge in [-0.25, -0.2) is 4.79 Å². The highest BCUT2D eigenvalue weighted by Crippen LogP contribution is 2.13. The third-order valence-corrected chi connectivity index (χ3v) is 3.95. The summed E-state index contributed by atoms with van der Waals surface area (Å²) in [6.45, 7) is 5.25. The standard InChI is InChI=1S/C14H22O.C9H9NO2/c1-3-5-6-7-12-15-14-10-8-13(4-2)9-11-14;10-8-4-1-7(2-5-8)3-6-9(11)12/h8-11H,3-7,12H2,1-2H3;1-6H,10H2,(H,11,12). The van der Waals surface area contributed by atoms with Crippen LogP contribution in [-0.2, 0) is 11.2 Å². The number of aliphatic carboxylic acids is 1. The van der Waals surface area contributed by atoms with Crippen LogP contribution in [0.1, 0.15) is 50.7 Å². The molecule has 4 heteroatoms. The van der Waals surface area contributed by atoms with Crippen LogP contribution in [-0.4, -0.2) is 17.7 Å². The van der Waals surface area contributed by atoms with E-state index in [4.69, 9.17) is 15.6 Å². The van der Waals surface area contributed by atoms with Gasteiger partial charge in [0.25, 0.3) is 0 Å². The fourth-order valence-electron chi connectivity index (χ4n) is 2.31. The molecule has 2 aromatic carbocycles. The van der Waals surface area contributed by atoms with Gasteiger partial charge in [-0.2, -0.15) is 0 Å². The highest BCUT2D eigenvalue weighted by atomic mass is 16.5. The van der Waals surface area contributed by atoms with E-state index < -0.39 is 5.97 Å². The quantitative estimate of drug-likeness (QED) is 0.344. The number of carboxylic acid groups (broad SMARTS) is 1. The minimum Gasteiger partial charge on any atom is -0.494 e. The molecule has 0 saturated carbocycles. The first-order chi connectivity index (χ1) is 13.0. The summed E-state index contributed by atoms with van der Waals surface area (Å²) in [5.41, 5.74) is 8.31. The molecule has 0 unspecified atom stereocenters. The molecule has 0 aliphatic rings. The zero-order valence-corrected chi connectivity index (χ0v) is 16.4. The Morgan fingerprint density at radius 1 is 1.00 bits per heavy atom. The average molecular weight is 370 g/mol. The molecule has 0 aromatic heterocycles. The molecular formula is C23H31NO3. The molecule has 3 N–H and O–H groups in total. The summed E-state index contributed by atoms with van der Waals surface area (Å²) in [5.74, 6) is 0.0514. The van der Waals surface area contributed by atoms with Crippen molar-refractivity contribution in [3.05, 3.63) is 65.7 Å². The zero-order chi connectivity index (χ0) is 19.9. The van der Waals surface area contributed by atoms with Crippen molar-refractivity contribution in [2.45, 2.75) is 46.0 Å². The van der Waals surface area contributed by atoms with E-state index in [0.717, 1.165) is 30.4 Å². The molecule has 2 aromatic rings. The van der Waals surface area contributed by atoms with Gasteiger partial charge >= 0.3 is 5.97 Å². The summed E-state index contributed by atoms with van der Waals surface area (Å²) in [7, 11) is 0. The Morgan fingerprint density at radius 3 is 2.22 bits per heavy atom. The third-order valence-electron chi connectivity index (χ3n) is 3.95. The monoisotopic (exact) mass is 369 g/mol. The van der Waals surface area contributed by atoms with Crippen LogP contribution in [0.15, 0.2) is 54.6 Å². The van der Waals surface area contributed by atoms with Crippen LogP contribution in [0.5, 0.6) is 5.75 Å². The molecule has 2 rings (SSSR count). The highest BCUT2D eigenvalue weighted by Gasteiger charge is 1.94. The van der Waals surface area contributed by atoms with Gasteiger partial charge in [0.1, 0.15) is 5.75 Å². The van der Waals surface area contributed by atoms with Gasteiger partial charge in [0.2, 0.25) is 0 Å². The number of hydrogen-bond donors (Lipinski definition) is 2. The van der Waals surface area contributed by atoms with Crippen molar-refractivity contribution in [3.8, 4) is 5.75 Å². The number of nitrogen functional groups attached to an aromatic ring is 1. The molecule has 0 aliphatic heterocycles. The molecule has 27 heavy (non-hydrogen) atoms. The van der Waals surface area contributed by atoms with Crippen LogP contribution in [0.4, 0.5) is 5.69 Å². The summed E-state index contributed by atoms with van der Waals surface area (Å²) in [4.78, 5) is 10.1. The number of hydrogen-bond acceptors (Lipinski definition) is 3. The Balaban J connectivity index is 0.000000277. The Morgan fingerprint density at radius 2 is 1.67 bits per heavy atom. The van der Waals surface area contributed by atoms with Gasteiger partial charge < -0.3 is 15.6 Å². The largest absolute Gasteiger partial charge is 0.494 e. The smallest absolute Gasteiger partial charge is 0.328 e. The number of carboxylic acids is 1. The lowest BCUT2D eigenvalue weighted by Gasteiger charge is -2.06. The Hall–Kier alpha value is -2.75. The molecule has 0 heterocycles. The van der Waals surface area contributed by atoms with E-state index >= 15 is 0 Å². The number of rotatable bonds is 9. The number of nitrogens with two attached hydrogens (primary N) is 1. The van der Waals surface area contributed by atoms with E-state index in [1.165, 1.54) is 37.3 Å². The van der Waals surface area contributed by atoms with Crippen molar-refractivity contribution >= 4 is 17.7 Å². The number of carbonyl (C=O) groups is 1. The SMILES string of the molecule is CCCCCCOc1ccc(CC)cc1.Nc1ccc(C=CC(=O)O)cc1. The molecule has 0 radical (unpaired) electrons. The molecular weight excluding hydrogens is 338 g/mol. The number of benzene rings is 2. The lowest BCUT2D eigenvalue weighted by molar-refractivity contribution is -0.131. The van der Waals surface area contributed by atoms with E-state index in [2.05, 4.69) is 38.1 Å². The maximum absolute atomic E-state index is 10.1. The number of anilines is 1. The maximum Gasteiger partial charge on any atom is 0.328 e. The Bertz CT molecular complexity index is 676. The van der Waals surface area contributed by atoms with E-state index in [1.54, 1.807) is 24.3 Å². The van der Waals surface area contributed by atoms with Gasteiger partial charge in [0.15, 0.2) is 0 Å². The van der Waals surface area contributed by atoms with E-state index in [-0.39, 0.29) is 0 Å². The molecule has 0 fully saturated rings. The summed E-state index contributed by atoms with van der Waals surface area (Å²) in [6.07, 6.45) is 8.75. The van der Waals surface area contributed by atoms with Crippen LogP contribution >= 0.6 is 0 Å². The Kier molecular flexibility index (Phi) is 11.1. The second kappa shape index (κ2) is 13.5. The predicted octanol–water partition coefficient (Wildman–Crippen LogP) is 5.57. The molecule has 0 aliphatic carbocycles. The van der Waals surface area contributed by atoms with Crippen LogP contribution in [0.3, 0.4) is 0 Å². The first-order valence-corrected chi connectivity index (χ1v) is 9.53. The van der Waals surface area contributed by atoms with E-state index in [1.807, 2.05) is 0 Å². The van der Waals surface area contributed by atoms with Gasteiger partial charge in [-0.3, -0.25) is 0 Å². The summed E-state index contributed by atoms with van der Waals surface area (Å²) in [6, 6.07) is 15.4. The van der Waals surface area contributed by atoms with Crippen LogP contribution < -0.4 is 10.5 Å².